The Bertz CT molecular complexity index is 1320. The van der Waals surface area contributed by atoms with Gasteiger partial charge >= 0.3 is 0 Å². The van der Waals surface area contributed by atoms with Gasteiger partial charge in [-0.15, -0.1) is 0 Å². The summed E-state index contributed by atoms with van der Waals surface area (Å²) in [5.41, 5.74) is 1.06. The number of anilines is 1. The number of nitrogens with zero attached hydrogens (tertiary/aromatic N) is 2. The van der Waals surface area contributed by atoms with E-state index in [-0.39, 0.29) is 17.3 Å². The van der Waals surface area contributed by atoms with Gasteiger partial charge in [-0.3, -0.25) is 13.9 Å². The molecule has 0 saturated carbocycles. The molecule has 0 saturated heterocycles. The number of halogens is 1. The second kappa shape index (κ2) is 12.6. The van der Waals surface area contributed by atoms with Gasteiger partial charge in [-0.2, -0.15) is 0 Å². The van der Waals surface area contributed by atoms with Crippen molar-refractivity contribution in [3.63, 3.8) is 0 Å². The molecule has 3 aromatic carbocycles. The van der Waals surface area contributed by atoms with Crippen LogP contribution in [0.4, 0.5) is 5.69 Å². The molecule has 0 aromatic heterocycles. The normalized spacial score (nSPS) is 11.9. The van der Waals surface area contributed by atoms with Crippen LogP contribution >= 0.6 is 11.6 Å². The first-order valence-corrected chi connectivity index (χ1v) is 13.5. The summed E-state index contributed by atoms with van der Waals surface area (Å²) in [5.74, 6) is -0.264. The van der Waals surface area contributed by atoms with Crippen molar-refractivity contribution in [2.45, 2.75) is 30.8 Å². The van der Waals surface area contributed by atoms with Crippen LogP contribution in [0.2, 0.25) is 5.02 Å². The number of ether oxygens (including phenoxy) is 1. The minimum absolute atomic E-state index is 0.00811. The molecule has 0 bridgehead atoms. The zero-order valence-corrected chi connectivity index (χ0v) is 22.5. The topological polar surface area (TPSA) is 96.0 Å². The lowest BCUT2D eigenvalue weighted by Crippen LogP contribution is -2.51. The quantitative estimate of drug-likeness (QED) is 0.393. The van der Waals surface area contributed by atoms with Gasteiger partial charge < -0.3 is 15.0 Å². The number of amides is 2. The lowest BCUT2D eigenvalue weighted by atomic mass is 10.1. The van der Waals surface area contributed by atoms with Crippen LogP contribution in [0.3, 0.4) is 0 Å². The molecule has 1 atom stereocenters. The van der Waals surface area contributed by atoms with Gasteiger partial charge in [-0.05, 0) is 60.5 Å². The van der Waals surface area contributed by atoms with Gasteiger partial charge in [0.25, 0.3) is 10.0 Å². The molecule has 0 aliphatic heterocycles. The van der Waals surface area contributed by atoms with E-state index in [0.29, 0.717) is 22.9 Å². The van der Waals surface area contributed by atoms with Crippen LogP contribution in [-0.4, -0.2) is 51.9 Å². The van der Waals surface area contributed by atoms with E-state index in [1.54, 1.807) is 62.6 Å². The smallest absolute Gasteiger partial charge is 0.264 e. The predicted octanol–water partition coefficient (Wildman–Crippen LogP) is 4.10. The van der Waals surface area contributed by atoms with Crippen molar-refractivity contribution < 1.29 is 22.7 Å². The lowest BCUT2D eigenvalue weighted by molar-refractivity contribution is -0.140. The van der Waals surface area contributed by atoms with Crippen LogP contribution in [0.15, 0.2) is 83.8 Å². The van der Waals surface area contributed by atoms with Crippen molar-refractivity contribution in [3.8, 4) is 5.75 Å². The zero-order valence-electron chi connectivity index (χ0n) is 20.9. The van der Waals surface area contributed by atoms with Crippen LogP contribution in [0, 0.1) is 0 Å². The Kier molecular flexibility index (Phi) is 9.54. The standard InChI is InChI=1S/C27H30ClN3O5S/c1-4-25(27(33)29-2)30(18-20-9-8-12-23(17-20)36-3)26(32)19-31(22-10-6-5-7-11-22)37(34,35)24-15-13-21(28)14-16-24/h5-17,25H,4,18-19H2,1-3H3,(H,29,33). The summed E-state index contributed by atoms with van der Waals surface area (Å²) in [4.78, 5) is 28.0. The largest absolute Gasteiger partial charge is 0.497 e. The molecule has 3 rings (SSSR count). The average Bonchev–Trinajstić information content (AvgIpc) is 2.92. The molecule has 0 aliphatic rings. The van der Waals surface area contributed by atoms with E-state index in [0.717, 1.165) is 9.87 Å². The maximum atomic E-state index is 13.8. The number of benzene rings is 3. The zero-order chi connectivity index (χ0) is 27.0. The summed E-state index contributed by atoms with van der Waals surface area (Å²) in [6.45, 7) is 1.38. The first-order valence-electron chi connectivity index (χ1n) is 11.7. The third-order valence-electron chi connectivity index (χ3n) is 5.84. The third-order valence-corrected chi connectivity index (χ3v) is 7.88. The number of hydrogen-bond donors (Lipinski definition) is 1. The minimum atomic E-state index is -4.13. The van der Waals surface area contributed by atoms with Gasteiger partial charge in [0, 0.05) is 18.6 Å². The fourth-order valence-corrected chi connectivity index (χ4v) is 5.45. The lowest BCUT2D eigenvalue weighted by Gasteiger charge is -2.33. The molecular formula is C27H30ClN3O5S. The molecule has 0 radical (unpaired) electrons. The molecular weight excluding hydrogens is 514 g/mol. The van der Waals surface area contributed by atoms with Crippen molar-refractivity contribution in [1.29, 1.82) is 0 Å². The summed E-state index contributed by atoms with van der Waals surface area (Å²) < 4.78 is 33.7. The van der Waals surface area contributed by atoms with E-state index in [2.05, 4.69) is 5.32 Å². The van der Waals surface area contributed by atoms with Gasteiger partial charge in [0.2, 0.25) is 11.8 Å². The molecule has 37 heavy (non-hydrogen) atoms. The Morgan fingerprint density at radius 2 is 1.68 bits per heavy atom. The van der Waals surface area contributed by atoms with E-state index in [4.69, 9.17) is 16.3 Å². The molecule has 8 nitrogen and oxygen atoms in total. The summed E-state index contributed by atoms with van der Waals surface area (Å²) in [6.07, 6.45) is 0.338. The third kappa shape index (κ3) is 6.81. The van der Waals surface area contributed by atoms with Gasteiger partial charge in [0.15, 0.2) is 0 Å². The fraction of sp³-hybridized carbons (Fsp3) is 0.259. The van der Waals surface area contributed by atoms with Crippen LogP contribution in [0.25, 0.3) is 0 Å². The first-order chi connectivity index (χ1) is 17.7. The second-order valence-corrected chi connectivity index (χ2v) is 10.5. The maximum absolute atomic E-state index is 13.8. The Balaban J connectivity index is 2.03. The first kappa shape index (κ1) is 28.0. The molecule has 1 unspecified atom stereocenters. The van der Waals surface area contributed by atoms with Gasteiger partial charge in [-0.1, -0.05) is 48.9 Å². The summed E-state index contributed by atoms with van der Waals surface area (Å²) in [7, 11) is -1.09. The van der Waals surface area contributed by atoms with E-state index in [1.807, 2.05) is 6.07 Å². The molecule has 0 aliphatic carbocycles. The molecule has 0 heterocycles. The predicted molar refractivity (Wildman–Crippen MR) is 144 cm³/mol. The number of carbonyl (C=O) groups excluding carboxylic acids is 2. The monoisotopic (exact) mass is 543 g/mol. The van der Waals surface area contributed by atoms with Gasteiger partial charge in [0.05, 0.1) is 17.7 Å². The van der Waals surface area contributed by atoms with Crippen molar-refractivity contribution >= 4 is 39.1 Å². The summed E-state index contributed by atoms with van der Waals surface area (Å²) in [6, 6.07) is 20.5. The van der Waals surface area contributed by atoms with Crippen LogP contribution in [-0.2, 0) is 26.2 Å². The van der Waals surface area contributed by atoms with Crippen LogP contribution < -0.4 is 14.4 Å². The molecule has 196 valence electrons. The van der Waals surface area contributed by atoms with E-state index in [1.165, 1.54) is 36.2 Å². The van der Waals surface area contributed by atoms with Crippen LogP contribution in [0.1, 0.15) is 18.9 Å². The highest BCUT2D eigenvalue weighted by Gasteiger charge is 2.33. The van der Waals surface area contributed by atoms with Crippen molar-refractivity contribution in [1.82, 2.24) is 10.2 Å². The van der Waals surface area contributed by atoms with Gasteiger partial charge in [-0.25, -0.2) is 8.42 Å². The highest BCUT2D eigenvalue weighted by atomic mass is 35.5. The molecule has 0 spiro atoms. The number of carbonyl (C=O) groups is 2. The molecule has 3 aromatic rings. The fourth-order valence-electron chi connectivity index (χ4n) is 3.91. The maximum Gasteiger partial charge on any atom is 0.264 e. The van der Waals surface area contributed by atoms with Crippen LogP contribution in [0.5, 0.6) is 5.75 Å². The second-order valence-electron chi connectivity index (χ2n) is 8.21. The Morgan fingerprint density at radius 1 is 1.00 bits per heavy atom. The molecule has 2 amide bonds. The van der Waals surface area contributed by atoms with Gasteiger partial charge in [0.1, 0.15) is 18.3 Å². The highest BCUT2D eigenvalue weighted by Crippen LogP contribution is 2.26. The Morgan fingerprint density at radius 3 is 2.27 bits per heavy atom. The van der Waals surface area contributed by atoms with Crippen molar-refractivity contribution in [3.05, 3.63) is 89.4 Å². The number of rotatable bonds is 11. The number of nitrogens with one attached hydrogen (secondary N) is 1. The average molecular weight is 544 g/mol. The van der Waals surface area contributed by atoms with E-state index >= 15 is 0 Å². The number of sulfonamides is 1. The van der Waals surface area contributed by atoms with E-state index in [9.17, 15) is 18.0 Å². The van der Waals surface area contributed by atoms with Crippen molar-refractivity contribution in [2.24, 2.45) is 0 Å². The van der Waals surface area contributed by atoms with Crippen molar-refractivity contribution in [2.75, 3.05) is 25.0 Å². The summed E-state index contributed by atoms with van der Waals surface area (Å²) in [5, 5.41) is 3.00. The molecule has 10 heteroatoms. The highest BCUT2D eigenvalue weighted by molar-refractivity contribution is 7.92. The SMILES string of the molecule is CCC(C(=O)NC)N(Cc1cccc(OC)c1)C(=O)CN(c1ccccc1)S(=O)(=O)c1ccc(Cl)cc1. The molecule has 0 fully saturated rings. The number of hydrogen-bond acceptors (Lipinski definition) is 5. The number of methoxy groups -OCH3 is 1. The molecule has 1 N–H and O–H groups in total. The minimum Gasteiger partial charge on any atom is -0.497 e. The summed E-state index contributed by atoms with van der Waals surface area (Å²) >= 11 is 5.96. The Labute approximate surface area is 222 Å². The number of likely N-dealkylation sites (N-methyl/N-ethyl adjacent to an activating group) is 1. The Hall–Kier alpha value is -3.56. The number of para-hydroxylation sites is 1. The van der Waals surface area contributed by atoms with E-state index < -0.39 is 28.5 Å².